The third kappa shape index (κ3) is 4.95. The lowest BCUT2D eigenvalue weighted by Crippen LogP contribution is -2.59. The Kier molecular flexibility index (Phi) is 9.22. The largest absolute Gasteiger partial charge is 0.290 e. The molecule has 0 heterocycles. The van der Waals surface area contributed by atoms with Crippen LogP contribution in [0.2, 0.25) is 0 Å². The minimum Gasteiger partial charge on any atom is -0.290 e. The summed E-state index contributed by atoms with van der Waals surface area (Å²) in [5, 5.41) is 3.78. The average Bonchev–Trinajstić information content (AvgIpc) is 2.31. The van der Waals surface area contributed by atoms with Crippen LogP contribution < -0.4 is 5.32 Å². The fourth-order valence-electron chi connectivity index (χ4n) is 1.95. The van der Waals surface area contributed by atoms with E-state index in [9.17, 15) is 0 Å². The molecule has 0 amide bonds. The molecule has 0 aromatic rings. The molecule has 1 atom stereocenters. The van der Waals surface area contributed by atoms with Gasteiger partial charge in [-0.05, 0) is 38.3 Å². The van der Waals surface area contributed by atoms with Gasteiger partial charge in [0.2, 0.25) is 0 Å². The van der Waals surface area contributed by atoms with Crippen molar-refractivity contribution in [1.29, 1.82) is 0 Å². The molecule has 0 aromatic heterocycles. The van der Waals surface area contributed by atoms with E-state index in [2.05, 4.69) is 49.7 Å². The maximum atomic E-state index is 3.78. The number of rotatable bonds is 9. The van der Waals surface area contributed by atoms with E-state index in [1.807, 2.05) is 0 Å². The highest BCUT2D eigenvalue weighted by Crippen LogP contribution is 2.04. The SMILES string of the molecule is CCC([SiH3])NC(N(CC)CC)N(CC)CC. The Balaban J connectivity index is 4.58. The summed E-state index contributed by atoms with van der Waals surface area (Å²) in [6, 6.07) is 0. The number of nitrogens with one attached hydrogen (secondary N) is 1. The van der Waals surface area contributed by atoms with Crippen molar-refractivity contribution in [3.63, 3.8) is 0 Å². The fraction of sp³-hybridized carbons (Fsp3) is 1.00. The van der Waals surface area contributed by atoms with Crippen molar-refractivity contribution in [2.45, 2.75) is 53.0 Å². The first-order valence-corrected chi connectivity index (χ1v) is 8.03. The van der Waals surface area contributed by atoms with Crippen molar-refractivity contribution in [2.24, 2.45) is 0 Å². The molecule has 4 heteroatoms. The third-order valence-corrected chi connectivity index (χ3v) is 4.51. The molecule has 16 heavy (non-hydrogen) atoms. The second-order valence-corrected chi connectivity index (χ2v) is 5.69. The minimum atomic E-state index is 0.424. The quantitative estimate of drug-likeness (QED) is 0.475. The average molecular weight is 245 g/mol. The van der Waals surface area contributed by atoms with Gasteiger partial charge in [0.25, 0.3) is 0 Å². The normalized spacial score (nSPS) is 14.2. The van der Waals surface area contributed by atoms with Gasteiger partial charge in [0.15, 0.2) is 0 Å². The molecule has 0 rings (SSSR count). The first kappa shape index (κ1) is 16.1. The van der Waals surface area contributed by atoms with Crippen LogP contribution in [-0.2, 0) is 0 Å². The molecule has 3 nitrogen and oxygen atoms in total. The van der Waals surface area contributed by atoms with Gasteiger partial charge in [-0.1, -0.05) is 34.6 Å². The lowest BCUT2D eigenvalue weighted by Gasteiger charge is -2.40. The summed E-state index contributed by atoms with van der Waals surface area (Å²) in [5.74, 6) is 0. The van der Waals surface area contributed by atoms with Crippen molar-refractivity contribution in [1.82, 2.24) is 15.1 Å². The van der Waals surface area contributed by atoms with E-state index in [0.717, 1.165) is 26.2 Å². The highest BCUT2D eigenvalue weighted by atomic mass is 28.1. The molecule has 0 spiro atoms. The molecule has 0 saturated heterocycles. The summed E-state index contributed by atoms with van der Waals surface area (Å²) in [6.07, 6.45) is 1.66. The van der Waals surface area contributed by atoms with Crippen LogP contribution in [0.5, 0.6) is 0 Å². The smallest absolute Gasteiger partial charge is 0.116 e. The molecule has 0 fully saturated rings. The van der Waals surface area contributed by atoms with Gasteiger partial charge in [-0.15, -0.1) is 0 Å². The first-order chi connectivity index (χ1) is 7.64. The van der Waals surface area contributed by atoms with Gasteiger partial charge in [-0.3, -0.25) is 15.1 Å². The number of nitrogens with zero attached hydrogens (tertiary/aromatic N) is 2. The van der Waals surface area contributed by atoms with Crippen molar-refractivity contribution < 1.29 is 0 Å². The number of hydrogen-bond acceptors (Lipinski definition) is 3. The van der Waals surface area contributed by atoms with E-state index in [4.69, 9.17) is 0 Å². The Labute approximate surface area is 105 Å². The Morgan fingerprint density at radius 2 is 1.25 bits per heavy atom. The Bertz CT molecular complexity index is 146. The van der Waals surface area contributed by atoms with Crippen LogP contribution in [0, 0.1) is 0 Å². The molecule has 0 radical (unpaired) electrons. The Morgan fingerprint density at radius 1 is 0.875 bits per heavy atom. The highest BCUT2D eigenvalue weighted by Gasteiger charge is 2.21. The van der Waals surface area contributed by atoms with E-state index < -0.39 is 0 Å². The van der Waals surface area contributed by atoms with E-state index in [0.29, 0.717) is 12.0 Å². The molecular weight excluding hydrogens is 214 g/mol. The van der Waals surface area contributed by atoms with E-state index in [1.165, 1.54) is 16.7 Å². The molecule has 0 bridgehead atoms. The summed E-state index contributed by atoms with van der Waals surface area (Å²) in [5.41, 5.74) is 0.714. The maximum absolute atomic E-state index is 3.78. The third-order valence-electron chi connectivity index (χ3n) is 3.36. The molecule has 0 aromatic carbocycles. The van der Waals surface area contributed by atoms with E-state index in [1.54, 1.807) is 0 Å². The molecule has 0 aliphatic carbocycles. The van der Waals surface area contributed by atoms with Crippen molar-refractivity contribution in [3.05, 3.63) is 0 Å². The topological polar surface area (TPSA) is 18.5 Å². The predicted octanol–water partition coefficient (Wildman–Crippen LogP) is 0.645. The summed E-state index contributed by atoms with van der Waals surface area (Å²) < 4.78 is 0. The monoisotopic (exact) mass is 245 g/mol. The summed E-state index contributed by atoms with van der Waals surface area (Å²) >= 11 is 0. The van der Waals surface area contributed by atoms with Gasteiger partial charge in [0, 0.05) is 10.2 Å². The second-order valence-electron chi connectivity index (χ2n) is 4.29. The lowest BCUT2D eigenvalue weighted by molar-refractivity contribution is 0.0276. The molecule has 0 saturated carbocycles. The zero-order valence-corrected chi connectivity index (χ0v) is 14.1. The van der Waals surface area contributed by atoms with Gasteiger partial charge in [0.05, 0.1) is 0 Å². The Hall–Kier alpha value is 0.0969. The van der Waals surface area contributed by atoms with Gasteiger partial charge in [0.1, 0.15) is 6.29 Å². The standard InChI is InChI=1S/C12H31N3Si/c1-6-11(16)13-12(14(7-2)8-3)15(9-4)10-5/h11-13H,6-10H2,1-5,16H3. The van der Waals surface area contributed by atoms with E-state index in [-0.39, 0.29) is 0 Å². The van der Waals surface area contributed by atoms with Crippen molar-refractivity contribution >= 4 is 10.2 Å². The maximum Gasteiger partial charge on any atom is 0.116 e. The van der Waals surface area contributed by atoms with Crippen LogP contribution in [0.3, 0.4) is 0 Å². The lowest BCUT2D eigenvalue weighted by atomic mass is 10.4. The minimum absolute atomic E-state index is 0.424. The van der Waals surface area contributed by atoms with E-state index >= 15 is 0 Å². The van der Waals surface area contributed by atoms with Crippen LogP contribution in [0.25, 0.3) is 0 Å². The molecule has 1 unspecified atom stereocenters. The van der Waals surface area contributed by atoms with Gasteiger partial charge in [-0.2, -0.15) is 0 Å². The van der Waals surface area contributed by atoms with Crippen LogP contribution in [0.15, 0.2) is 0 Å². The molecule has 0 aliphatic heterocycles. The van der Waals surface area contributed by atoms with Crippen LogP contribution in [0.1, 0.15) is 41.0 Å². The highest BCUT2D eigenvalue weighted by molar-refractivity contribution is 6.11. The fourth-order valence-corrected chi connectivity index (χ4v) is 2.25. The summed E-state index contributed by atoms with van der Waals surface area (Å²) in [4.78, 5) is 5.02. The second kappa shape index (κ2) is 9.16. The zero-order chi connectivity index (χ0) is 12.6. The van der Waals surface area contributed by atoms with Gasteiger partial charge >= 0.3 is 0 Å². The molecule has 0 aliphatic rings. The zero-order valence-electron chi connectivity index (χ0n) is 12.1. The summed E-state index contributed by atoms with van der Waals surface area (Å²) in [6.45, 7) is 15.7. The molecule has 1 N–H and O–H groups in total. The van der Waals surface area contributed by atoms with Gasteiger partial charge in [-0.25, -0.2) is 0 Å². The van der Waals surface area contributed by atoms with Crippen LogP contribution >= 0.6 is 0 Å². The van der Waals surface area contributed by atoms with Gasteiger partial charge < -0.3 is 0 Å². The van der Waals surface area contributed by atoms with Crippen molar-refractivity contribution in [3.8, 4) is 0 Å². The van der Waals surface area contributed by atoms with Crippen LogP contribution in [0.4, 0.5) is 0 Å². The Morgan fingerprint density at radius 3 is 1.50 bits per heavy atom. The summed E-state index contributed by atoms with van der Waals surface area (Å²) in [7, 11) is 1.23. The van der Waals surface area contributed by atoms with Crippen molar-refractivity contribution in [2.75, 3.05) is 26.2 Å². The first-order valence-electron chi connectivity index (χ1n) is 6.88. The van der Waals surface area contributed by atoms with Crippen LogP contribution in [-0.4, -0.2) is 58.2 Å². The predicted molar refractivity (Wildman–Crippen MR) is 76.8 cm³/mol. The number of hydrogen-bond donors (Lipinski definition) is 1. The molecule has 98 valence electrons. The molecular formula is C12H31N3Si.